The molecule has 1 aliphatic heterocycles. The van der Waals surface area contributed by atoms with Gasteiger partial charge in [-0.05, 0) is 35.9 Å². The van der Waals surface area contributed by atoms with E-state index in [0.29, 0.717) is 10.6 Å². The van der Waals surface area contributed by atoms with Gasteiger partial charge in [-0.3, -0.25) is 4.79 Å². The Bertz CT molecular complexity index is 733. The van der Waals surface area contributed by atoms with E-state index in [0.717, 1.165) is 22.5 Å². The van der Waals surface area contributed by atoms with Gasteiger partial charge in [0, 0.05) is 35.9 Å². The molecule has 3 rings (SSSR count). The quantitative estimate of drug-likeness (QED) is 0.853. The van der Waals surface area contributed by atoms with Gasteiger partial charge in [0.1, 0.15) is 0 Å². The number of carbonyl (C=O) groups excluding carboxylic acids is 1. The van der Waals surface area contributed by atoms with Gasteiger partial charge < -0.3 is 10.2 Å². The largest absolute Gasteiger partial charge is 0.378 e. The monoisotopic (exact) mass is 298 g/mol. The first-order valence-electron chi connectivity index (χ1n) is 6.65. The first-order chi connectivity index (χ1) is 10.0. The molecule has 0 bridgehead atoms. The molecule has 0 atom stereocenters. The highest BCUT2D eigenvalue weighted by Gasteiger charge is 2.23. The number of nitrogens with zero attached hydrogens (tertiary/aromatic N) is 1. The maximum absolute atomic E-state index is 12.1. The van der Waals surface area contributed by atoms with Crippen LogP contribution in [0.25, 0.3) is 11.6 Å². The fourth-order valence-corrected chi connectivity index (χ4v) is 2.52. The van der Waals surface area contributed by atoms with Crippen LogP contribution in [0.2, 0.25) is 5.02 Å². The Hall–Kier alpha value is -2.26. The van der Waals surface area contributed by atoms with E-state index < -0.39 is 0 Å². The zero-order valence-electron chi connectivity index (χ0n) is 11.9. The minimum absolute atomic E-state index is 0.0936. The Morgan fingerprint density at radius 3 is 2.48 bits per heavy atom. The summed E-state index contributed by atoms with van der Waals surface area (Å²) in [5.41, 5.74) is 4.44. The molecule has 0 radical (unpaired) electrons. The fraction of sp³-hybridized carbons (Fsp3) is 0.118. The summed E-state index contributed by atoms with van der Waals surface area (Å²) in [6.45, 7) is 0. The lowest BCUT2D eigenvalue weighted by Crippen LogP contribution is -2.08. The highest BCUT2D eigenvalue weighted by Crippen LogP contribution is 2.34. The standard InChI is InChI=1S/C17H15ClN2O/c1-20(2)13-6-3-11(4-7-13)9-15-14-8-5-12(18)10-16(14)19-17(15)21/h3-10H,1-2H3,(H,19,21)/b15-9-. The van der Waals surface area contributed by atoms with Gasteiger partial charge >= 0.3 is 0 Å². The Balaban J connectivity index is 1.98. The van der Waals surface area contributed by atoms with E-state index in [1.165, 1.54) is 0 Å². The lowest BCUT2D eigenvalue weighted by molar-refractivity contribution is -0.110. The van der Waals surface area contributed by atoms with Crippen molar-refractivity contribution in [1.82, 2.24) is 0 Å². The summed E-state index contributed by atoms with van der Waals surface area (Å²) in [4.78, 5) is 14.1. The fourth-order valence-electron chi connectivity index (χ4n) is 2.35. The number of hydrogen-bond donors (Lipinski definition) is 1. The summed E-state index contributed by atoms with van der Waals surface area (Å²) in [5.74, 6) is -0.0936. The van der Waals surface area contributed by atoms with Crippen molar-refractivity contribution in [3.63, 3.8) is 0 Å². The number of carbonyl (C=O) groups is 1. The van der Waals surface area contributed by atoms with Crippen molar-refractivity contribution < 1.29 is 4.79 Å². The molecule has 1 aliphatic rings. The summed E-state index contributed by atoms with van der Waals surface area (Å²) in [6.07, 6.45) is 1.90. The van der Waals surface area contributed by atoms with Crippen LogP contribution in [0.5, 0.6) is 0 Å². The number of anilines is 2. The average molecular weight is 299 g/mol. The van der Waals surface area contributed by atoms with E-state index in [1.54, 1.807) is 12.1 Å². The number of rotatable bonds is 2. The van der Waals surface area contributed by atoms with Crippen molar-refractivity contribution in [3.05, 3.63) is 58.6 Å². The molecule has 1 heterocycles. The number of benzene rings is 2. The second-order valence-electron chi connectivity index (χ2n) is 5.19. The van der Waals surface area contributed by atoms with Crippen LogP contribution in [0.3, 0.4) is 0 Å². The first-order valence-corrected chi connectivity index (χ1v) is 7.03. The number of fused-ring (bicyclic) bond motifs is 1. The number of amides is 1. The lowest BCUT2D eigenvalue weighted by Gasteiger charge is -2.11. The van der Waals surface area contributed by atoms with E-state index in [-0.39, 0.29) is 5.91 Å². The zero-order chi connectivity index (χ0) is 15.0. The zero-order valence-corrected chi connectivity index (χ0v) is 12.6. The molecule has 0 aromatic heterocycles. The predicted molar refractivity (Wildman–Crippen MR) is 88.7 cm³/mol. The molecule has 0 unspecified atom stereocenters. The minimum atomic E-state index is -0.0936. The molecule has 1 N–H and O–H groups in total. The highest BCUT2D eigenvalue weighted by molar-refractivity contribution is 6.36. The van der Waals surface area contributed by atoms with Crippen LogP contribution in [-0.4, -0.2) is 20.0 Å². The molecular formula is C17H15ClN2O. The van der Waals surface area contributed by atoms with E-state index in [4.69, 9.17) is 11.6 Å². The van der Waals surface area contributed by atoms with E-state index in [1.807, 2.05) is 55.4 Å². The van der Waals surface area contributed by atoms with Gasteiger partial charge in [-0.25, -0.2) is 0 Å². The molecular weight excluding hydrogens is 284 g/mol. The maximum atomic E-state index is 12.1. The van der Waals surface area contributed by atoms with E-state index in [2.05, 4.69) is 5.32 Å². The van der Waals surface area contributed by atoms with Gasteiger partial charge in [-0.1, -0.05) is 29.8 Å². The molecule has 0 fully saturated rings. The lowest BCUT2D eigenvalue weighted by atomic mass is 10.0. The topological polar surface area (TPSA) is 32.3 Å². The van der Waals surface area contributed by atoms with Crippen LogP contribution in [0.1, 0.15) is 11.1 Å². The first kappa shape index (κ1) is 13.7. The maximum Gasteiger partial charge on any atom is 0.256 e. The molecule has 21 heavy (non-hydrogen) atoms. The SMILES string of the molecule is CN(C)c1ccc(/C=C2\C(=O)Nc3cc(Cl)ccc32)cc1. The summed E-state index contributed by atoms with van der Waals surface area (Å²) < 4.78 is 0. The third-order valence-electron chi connectivity index (χ3n) is 3.49. The molecule has 106 valence electrons. The van der Waals surface area contributed by atoms with Crippen molar-refractivity contribution in [2.45, 2.75) is 0 Å². The van der Waals surface area contributed by atoms with Crippen molar-refractivity contribution in [2.24, 2.45) is 0 Å². The van der Waals surface area contributed by atoms with Gasteiger partial charge in [0.2, 0.25) is 0 Å². The molecule has 4 heteroatoms. The number of nitrogens with one attached hydrogen (secondary N) is 1. The normalized spacial score (nSPS) is 15.0. The minimum Gasteiger partial charge on any atom is -0.378 e. The number of halogens is 1. The van der Waals surface area contributed by atoms with Crippen molar-refractivity contribution >= 4 is 40.5 Å². The van der Waals surface area contributed by atoms with E-state index >= 15 is 0 Å². The van der Waals surface area contributed by atoms with Crippen LogP contribution in [0.4, 0.5) is 11.4 Å². The smallest absolute Gasteiger partial charge is 0.256 e. The van der Waals surface area contributed by atoms with Crippen LogP contribution in [-0.2, 0) is 4.79 Å². The Morgan fingerprint density at radius 1 is 1.10 bits per heavy atom. The Labute approximate surface area is 128 Å². The molecule has 3 nitrogen and oxygen atoms in total. The predicted octanol–water partition coefficient (Wildman–Crippen LogP) is 3.90. The second-order valence-corrected chi connectivity index (χ2v) is 5.62. The Kier molecular flexibility index (Phi) is 3.43. The number of hydrogen-bond acceptors (Lipinski definition) is 2. The van der Waals surface area contributed by atoms with Crippen LogP contribution in [0.15, 0.2) is 42.5 Å². The molecule has 2 aromatic carbocycles. The van der Waals surface area contributed by atoms with Crippen LogP contribution < -0.4 is 10.2 Å². The molecule has 0 spiro atoms. The molecule has 0 aliphatic carbocycles. The van der Waals surface area contributed by atoms with Gasteiger partial charge in [0.15, 0.2) is 0 Å². The molecule has 2 aromatic rings. The van der Waals surface area contributed by atoms with Crippen LogP contribution >= 0.6 is 11.6 Å². The van der Waals surface area contributed by atoms with Crippen LogP contribution in [0, 0.1) is 0 Å². The van der Waals surface area contributed by atoms with Gasteiger partial charge in [0.25, 0.3) is 5.91 Å². The summed E-state index contributed by atoms with van der Waals surface area (Å²) in [6, 6.07) is 13.5. The summed E-state index contributed by atoms with van der Waals surface area (Å²) >= 11 is 5.95. The highest BCUT2D eigenvalue weighted by atomic mass is 35.5. The van der Waals surface area contributed by atoms with Crippen molar-refractivity contribution in [2.75, 3.05) is 24.3 Å². The van der Waals surface area contributed by atoms with Crippen molar-refractivity contribution in [1.29, 1.82) is 0 Å². The summed E-state index contributed by atoms with van der Waals surface area (Å²) in [5, 5.41) is 3.45. The third kappa shape index (κ3) is 2.65. The van der Waals surface area contributed by atoms with Gasteiger partial charge in [-0.15, -0.1) is 0 Å². The van der Waals surface area contributed by atoms with Crippen molar-refractivity contribution in [3.8, 4) is 0 Å². The van der Waals surface area contributed by atoms with E-state index in [9.17, 15) is 4.79 Å². The second kappa shape index (κ2) is 5.26. The van der Waals surface area contributed by atoms with Gasteiger partial charge in [0.05, 0.1) is 5.69 Å². The molecule has 1 amide bonds. The Morgan fingerprint density at radius 2 is 1.81 bits per heavy atom. The summed E-state index contributed by atoms with van der Waals surface area (Å²) in [7, 11) is 4.00. The van der Waals surface area contributed by atoms with Gasteiger partial charge in [-0.2, -0.15) is 0 Å². The average Bonchev–Trinajstić information content (AvgIpc) is 2.75. The molecule has 0 saturated carbocycles. The third-order valence-corrected chi connectivity index (χ3v) is 3.72. The molecule has 0 saturated heterocycles.